The lowest BCUT2D eigenvalue weighted by Gasteiger charge is -2.39. The van der Waals surface area contributed by atoms with Gasteiger partial charge in [0.1, 0.15) is 35.4 Å². The van der Waals surface area contributed by atoms with Gasteiger partial charge < -0.3 is 42.2 Å². The van der Waals surface area contributed by atoms with E-state index >= 15 is 0 Å². The van der Waals surface area contributed by atoms with Crippen LogP contribution >= 0.6 is 8.53 Å². The molecule has 1 unspecified atom stereocenters. The number of rotatable bonds is 37. The fraction of sp³-hybridized carbons (Fsp3) is 0.586. The summed E-state index contributed by atoms with van der Waals surface area (Å²) in [4.78, 5) is 39.8. The molecule has 4 aromatic rings. The summed E-state index contributed by atoms with van der Waals surface area (Å²) in [5.41, 5.74) is 0.0102. The number of ether oxygens (including phenoxy) is 7. The van der Waals surface area contributed by atoms with Crippen LogP contribution in [0.5, 0.6) is 11.5 Å². The first kappa shape index (κ1) is 60.9. The second kappa shape index (κ2) is 33.3. The number of nitrogens with one attached hydrogen (secondary N) is 1. The number of esters is 1. The third-order valence-corrected chi connectivity index (χ3v) is 15.5. The minimum Gasteiger partial charge on any atom is -0.497 e. The number of nitriles is 1. The van der Waals surface area contributed by atoms with Crippen molar-refractivity contribution in [2.45, 2.75) is 166 Å². The summed E-state index contributed by atoms with van der Waals surface area (Å²) in [6, 6.07) is 28.8. The Morgan fingerprint density at radius 1 is 0.707 bits per heavy atom. The van der Waals surface area contributed by atoms with Gasteiger partial charge in [0.25, 0.3) is 14.1 Å². The van der Waals surface area contributed by atoms with Crippen molar-refractivity contribution in [3.63, 3.8) is 0 Å². The summed E-state index contributed by atoms with van der Waals surface area (Å²) in [6.07, 6.45) is 13.3. The first-order valence-electron chi connectivity index (χ1n) is 26.9. The van der Waals surface area contributed by atoms with E-state index in [0.717, 1.165) is 48.8 Å². The SMILES string of the molecule is COC(=O)CCCCCCCCCCCCCCCOCCO[C@@H]1[C@H](OP(OCCC#N)N(C(C)C)C(C)C)[C@@H](COC(c2ccccc2)(c2ccc(OC)cc2)c2ccc(OC)cc2)O[C@H]1n1ccc(=O)[nH]c1=O. The summed E-state index contributed by atoms with van der Waals surface area (Å²) in [7, 11) is 2.84. The van der Waals surface area contributed by atoms with Crippen LogP contribution in [0.1, 0.15) is 147 Å². The van der Waals surface area contributed by atoms with Crippen LogP contribution in [0.2, 0.25) is 0 Å². The van der Waals surface area contributed by atoms with Gasteiger partial charge in [0, 0.05) is 37.4 Å². The van der Waals surface area contributed by atoms with Crippen molar-refractivity contribution < 1.29 is 47.0 Å². The molecule has 5 rings (SSSR count). The zero-order valence-corrected chi connectivity index (χ0v) is 46.3. The molecule has 75 heavy (non-hydrogen) atoms. The Labute approximate surface area is 446 Å². The number of benzene rings is 3. The molecule has 0 spiro atoms. The molecule has 5 atom stereocenters. The summed E-state index contributed by atoms with van der Waals surface area (Å²) >= 11 is 0. The molecule has 0 bridgehead atoms. The molecule has 1 fully saturated rings. The quantitative estimate of drug-likeness (QED) is 0.0195. The molecule has 3 aromatic carbocycles. The van der Waals surface area contributed by atoms with Gasteiger partial charge in [-0.05, 0) is 81.5 Å². The maximum absolute atomic E-state index is 13.7. The Hall–Kier alpha value is -4.95. The lowest BCUT2D eigenvalue weighted by molar-refractivity contribution is -0.140. The van der Waals surface area contributed by atoms with Crippen LogP contribution < -0.4 is 20.7 Å². The fourth-order valence-corrected chi connectivity index (χ4v) is 11.3. The third kappa shape index (κ3) is 18.6. The minimum atomic E-state index is -1.85. The molecule has 0 radical (unpaired) electrons. The van der Waals surface area contributed by atoms with Crippen LogP contribution in [0.4, 0.5) is 0 Å². The topological polar surface area (TPSA) is 182 Å². The van der Waals surface area contributed by atoms with Crippen LogP contribution in [0.15, 0.2) is 101 Å². The number of aromatic nitrogens is 2. The second-order valence-electron chi connectivity index (χ2n) is 19.4. The number of hydrogen-bond donors (Lipinski definition) is 1. The number of hydrogen-bond acceptors (Lipinski definition) is 14. The average molecular weight is 1060 g/mol. The Morgan fingerprint density at radius 2 is 1.25 bits per heavy atom. The number of H-pyrrole nitrogens is 1. The molecule has 1 N–H and O–H groups in total. The van der Waals surface area contributed by atoms with Gasteiger partial charge in [0.05, 0.1) is 60.2 Å². The molecule has 2 heterocycles. The van der Waals surface area contributed by atoms with Gasteiger partial charge in [-0.15, -0.1) is 0 Å². The fourth-order valence-electron chi connectivity index (χ4n) is 9.54. The van der Waals surface area contributed by atoms with E-state index in [1.807, 2.05) is 78.9 Å². The number of aromatic amines is 1. The minimum absolute atomic E-state index is 0.0191. The highest BCUT2D eigenvalue weighted by molar-refractivity contribution is 7.44. The van der Waals surface area contributed by atoms with Gasteiger partial charge in [0.15, 0.2) is 6.23 Å². The van der Waals surface area contributed by atoms with Gasteiger partial charge in [-0.2, -0.15) is 5.26 Å². The molecule has 1 saturated heterocycles. The zero-order valence-electron chi connectivity index (χ0n) is 45.5. The maximum atomic E-state index is 13.7. The first-order chi connectivity index (χ1) is 36.5. The smallest absolute Gasteiger partial charge is 0.330 e. The Bertz CT molecular complexity index is 2320. The monoisotopic (exact) mass is 1060 g/mol. The normalized spacial score (nSPS) is 17.1. The predicted molar refractivity (Wildman–Crippen MR) is 291 cm³/mol. The number of carbonyl (C=O) groups is 1. The van der Waals surface area contributed by atoms with Crippen LogP contribution in [0.3, 0.4) is 0 Å². The van der Waals surface area contributed by atoms with E-state index in [-0.39, 0.29) is 50.9 Å². The van der Waals surface area contributed by atoms with Crippen LogP contribution in [-0.2, 0) is 43.1 Å². The van der Waals surface area contributed by atoms with Crippen molar-refractivity contribution >= 4 is 14.5 Å². The molecule has 0 amide bonds. The van der Waals surface area contributed by atoms with Crippen LogP contribution in [-0.4, -0.2) is 105 Å². The first-order valence-corrected chi connectivity index (χ1v) is 28.1. The van der Waals surface area contributed by atoms with E-state index in [0.29, 0.717) is 24.5 Å². The molecule has 0 saturated carbocycles. The summed E-state index contributed by atoms with van der Waals surface area (Å²) in [5.74, 6) is 1.24. The Morgan fingerprint density at radius 3 is 1.77 bits per heavy atom. The van der Waals surface area contributed by atoms with Crippen molar-refractivity contribution in [3.8, 4) is 17.6 Å². The predicted octanol–water partition coefficient (Wildman–Crippen LogP) is 11.2. The molecule has 1 aromatic heterocycles. The summed E-state index contributed by atoms with van der Waals surface area (Å²) in [6.45, 7) is 9.33. The molecular formula is C58H83N4O12P. The number of methoxy groups -OCH3 is 3. The zero-order chi connectivity index (χ0) is 53.8. The molecule has 1 aliphatic heterocycles. The van der Waals surface area contributed by atoms with Gasteiger partial charge in [-0.1, -0.05) is 125 Å². The molecule has 16 nitrogen and oxygen atoms in total. The van der Waals surface area contributed by atoms with Crippen molar-refractivity contribution in [2.24, 2.45) is 0 Å². The van der Waals surface area contributed by atoms with Crippen molar-refractivity contribution in [1.82, 2.24) is 14.2 Å². The lowest BCUT2D eigenvalue weighted by Crippen LogP contribution is -2.44. The average Bonchev–Trinajstić information content (AvgIpc) is 3.75. The van der Waals surface area contributed by atoms with E-state index in [9.17, 15) is 19.6 Å². The maximum Gasteiger partial charge on any atom is 0.330 e. The number of unbranched alkanes of at least 4 members (excludes halogenated alkanes) is 12. The Kier molecular flexibility index (Phi) is 27.0. The highest BCUT2D eigenvalue weighted by atomic mass is 31.2. The molecular weight excluding hydrogens is 976 g/mol. The third-order valence-electron chi connectivity index (χ3n) is 13.4. The Balaban J connectivity index is 1.35. The van der Waals surface area contributed by atoms with Crippen molar-refractivity contribution in [1.29, 1.82) is 5.26 Å². The summed E-state index contributed by atoms with van der Waals surface area (Å²) in [5, 5.41) is 9.57. The highest BCUT2D eigenvalue weighted by Gasteiger charge is 2.51. The van der Waals surface area contributed by atoms with E-state index < -0.39 is 49.9 Å². The second-order valence-corrected chi connectivity index (χ2v) is 20.8. The van der Waals surface area contributed by atoms with Gasteiger partial charge >= 0.3 is 11.7 Å². The lowest BCUT2D eigenvalue weighted by atomic mass is 9.80. The van der Waals surface area contributed by atoms with Gasteiger partial charge in [-0.3, -0.25) is 19.1 Å². The highest BCUT2D eigenvalue weighted by Crippen LogP contribution is 2.51. The van der Waals surface area contributed by atoms with E-state index in [1.165, 1.54) is 75.3 Å². The summed E-state index contributed by atoms with van der Waals surface area (Å²) < 4.78 is 60.2. The van der Waals surface area contributed by atoms with E-state index in [2.05, 4.69) is 43.4 Å². The number of carbonyl (C=O) groups excluding carboxylic acids is 1. The van der Waals surface area contributed by atoms with Crippen molar-refractivity contribution in [2.75, 3.05) is 54.4 Å². The molecule has 17 heteroatoms. The van der Waals surface area contributed by atoms with Gasteiger partial charge in [0.2, 0.25) is 0 Å². The largest absolute Gasteiger partial charge is 0.497 e. The van der Waals surface area contributed by atoms with Crippen LogP contribution in [0, 0.1) is 11.3 Å². The van der Waals surface area contributed by atoms with Gasteiger partial charge in [-0.25, -0.2) is 9.46 Å². The molecule has 0 aliphatic carbocycles. The van der Waals surface area contributed by atoms with E-state index in [4.69, 9.17) is 42.2 Å². The van der Waals surface area contributed by atoms with E-state index in [1.54, 1.807) is 14.2 Å². The standard InChI is InChI=1S/C58H83N4O12P/c1-44(2)62(45(3)4)75(72-40-24-37-59)74-54-51(43-71-58(46-25-20-19-21-26-46,47-28-32-49(66-5)33-29-47)48-30-34-50(67-6)35-31-48)73-56(61-38-36-52(63)60-57(61)65)55(54)70-42-41-69-39-23-18-16-14-12-10-8-9-11-13-15-17-22-27-53(64)68-7/h19-21,25-26,28-36,38,44-45,51,54-56H,8-18,22-24,27,39-43H2,1-7H3,(H,60,63,65)/t51-,54-,55-,56-,75?/m1/s1. The molecule has 412 valence electrons. The number of nitrogens with zero attached hydrogens (tertiary/aromatic N) is 3. The molecule has 1 aliphatic rings. The van der Waals surface area contributed by atoms with Crippen LogP contribution in [0.25, 0.3) is 0 Å². The van der Waals surface area contributed by atoms with Crippen molar-refractivity contribution in [3.05, 3.63) is 129 Å².